The van der Waals surface area contributed by atoms with Crippen molar-refractivity contribution in [3.05, 3.63) is 0 Å². The summed E-state index contributed by atoms with van der Waals surface area (Å²) in [5, 5.41) is 0. The van der Waals surface area contributed by atoms with Gasteiger partial charge in [0.15, 0.2) is 9.84 Å². The van der Waals surface area contributed by atoms with Gasteiger partial charge in [-0.25, -0.2) is 8.42 Å². The van der Waals surface area contributed by atoms with Crippen LogP contribution in [0.5, 0.6) is 0 Å². The minimum absolute atomic E-state index is 0.248. The van der Waals surface area contributed by atoms with Crippen molar-refractivity contribution in [2.24, 2.45) is 5.73 Å². The highest BCUT2D eigenvalue weighted by Gasteiger charge is 2.22. The van der Waals surface area contributed by atoms with Crippen molar-refractivity contribution in [3.8, 4) is 0 Å². The molecule has 5 nitrogen and oxygen atoms in total. The van der Waals surface area contributed by atoms with Crippen LogP contribution in [0.25, 0.3) is 0 Å². The second-order valence-corrected chi connectivity index (χ2v) is 7.38. The molecule has 1 atom stereocenters. The molecule has 108 valence electrons. The van der Waals surface area contributed by atoms with Gasteiger partial charge < -0.3 is 5.73 Å². The summed E-state index contributed by atoms with van der Waals surface area (Å²) in [6.45, 7) is 9.16. The summed E-state index contributed by atoms with van der Waals surface area (Å²) in [6, 6.07) is 0.478. The summed E-state index contributed by atoms with van der Waals surface area (Å²) in [5.41, 5.74) is 5.75. The highest BCUT2D eigenvalue weighted by molar-refractivity contribution is 7.91. The minimum atomic E-state index is -2.83. The van der Waals surface area contributed by atoms with Crippen molar-refractivity contribution < 1.29 is 8.42 Å². The van der Waals surface area contributed by atoms with E-state index in [0.717, 1.165) is 32.6 Å². The second kappa shape index (κ2) is 7.43. The van der Waals surface area contributed by atoms with Gasteiger partial charge in [-0.3, -0.25) is 9.80 Å². The SMILES string of the molecule is CCC(CN)N1CCN(CCS(=O)(=O)CC)CC1. The van der Waals surface area contributed by atoms with Crippen LogP contribution < -0.4 is 5.73 Å². The largest absolute Gasteiger partial charge is 0.329 e. The Kier molecular flexibility index (Phi) is 6.55. The molecule has 0 amide bonds. The van der Waals surface area contributed by atoms with Crippen molar-refractivity contribution in [1.29, 1.82) is 0 Å². The Morgan fingerprint density at radius 2 is 1.78 bits per heavy atom. The van der Waals surface area contributed by atoms with Crippen LogP contribution >= 0.6 is 0 Å². The topological polar surface area (TPSA) is 66.6 Å². The number of piperazine rings is 1. The molecule has 0 bridgehead atoms. The molecule has 0 aromatic rings. The van der Waals surface area contributed by atoms with E-state index in [0.29, 0.717) is 19.1 Å². The molecular weight excluding hydrogens is 250 g/mol. The molecule has 1 fully saturated rings. The zero-order valence-electron chi connectivity index (χ0n) is 11.6. The summed E-state index contributed by atoms with van der Waals surface area (Å²) < 4.78 is 22.9. The van der Waals surface area contributed by atoms with Crippen LogP contribution in [0.1, 0.15) is 20.3 Å². The van der Waals surface area contributed by atoms with Crippen LogP contribution in [0.15, 0.2) is 0 Å². The molecule has 6 heteroatoms. The summed E-state index contributed by atoms with van der Waals surface area (Å²) in [4.78, 5) is 4.66. The van der Waals surface area contributed by atoms with Crippen LogP contribution in [0, 0.1) is 0 Å². The van der Waals surface area contributed by atoms with E-state index in [1.165, 1.54) is 0 Å². The molecule has 1 heterocycles. The summed E-state index contributed by atoms with van der Waals surface area (Å²) in [5.74, 6) is 0.537. The van der Waals surface area contributed by atoms with E-state index < -0.39 is 9.84 Å². The van der Waals surface area contributed by atoms with Gasteiger partial charge in [0.2, 0.25) is 0 Å². The van der Waals surface area contributed by atoms with Crippen molar-refractivity contribution in [1.82, 2.24) is 9.80 Å². The molecule has 2 N–H and O–H groups in total. The number of sulfone groups is 1. The maximum atomic E-state index is 11.5. The molecule has 0 aromatic heterocycles. The lowest BCUT2D eigenvalue weighted by atomic mass is 10.1. The van der Waals surface area contributed by atoms with Crippen LogP contribution in [-0.2, 0) is 9.84 Å². The van der Waals surface area contributed by atoms with Crippen LogP contribution in [-0.4, -0.2) is 75.0 Å². The second-order valence-electron chi connectivity index (χ2n) is 4.91. The standard InChI is InChI=1S/C12H27N3O2S/c1-3-12(11-13)15-7-5-14(6-8-15)9-10-18(16,17)4-2/h12H,3-11,13H2,1-2H3. The van der Waals surface area contributed by atoms with E-state index in [1.54, 1.807) is 6.92 Å². The maximum Gasteiger partial charge on any atom is 0.151 e. The normalized spacial score (nSPS) is 21.1. The molecule has 1 unspecified atom stereocenters. The lowest BCUT2D eigenvalue weighted by molar-refractivity contribution is 0.101. The van der Waals surface area contributed by atoms with Gasteiger partial charge in [0.1, 0.15) is 0 Å². The number of nitrogens with zero attached hydrogens (tertiary/aromatic N) is 2. The summed E-state index contributed by atoms with van der Waals surface area (Å²) >= 11 is 0. The van der Waals surface area contributed by atoms with E-state index in [-0.39, 0.29) is 11.5 Å². The predicted molar refractivity (Wildman–Crippen MR) is 75.5 cm³/mol. The Bertz CT molecular complexity index is 320. The Morgan fingerprint density at radius 3 is 2.22 bits per heavy atom. The molecule has 0 saturated carbocycles. The summed E-state index contributed by atoms with van der Waals surface area (Å²) in [7, 11) is -2.83. The van der Waals surface area contributed by atoms with E-state index in [4.69, 9.17) is 5.73 Å². The Balaban J connectivity index is 2.31. The quantitative estimate of drug-likeness (QED) is 0.697. The minimum Gasteiger partial charge on any atom is -0.329 e. The molecule has 18 heavy (non-hydrogen) atoms. The molecule has 1 aliphatic heterocycles. The van der Waals surface area contributed by atoms with Gasteiger partial charge in [0.25, 0.3) is 0 Å². The fraction of sp³-hybridized carbons (Fsp3) is 1.00. The molecule has 0 spiro atoms. The van der Waals surface area contributed by atoms with Gasteiger partial charge >= 0.3 is 0 Å². The monoisotopic (exact) mass is 277 g/mol. The lowest BCUT2D eigenvalue weighted by Crippen LogP contribution is -2.52. The zero-order chi connectivity index (χ0) is 13.6. The van der Waals surface area contributed by atoms with Crippen LogP contribution in [0.4, 0.5) is 0 Å². The third-order valence-corrected chi connectivity index (χ3v) is 5.51. The fourth-order valence-electron chi connectivity index (χ4n) is 2.34. The smallest absolute Gasteiger partial charge is 0.151 e. The molecule has 1 rings (SSSR count). The van der Waals surface area contributed by atoms with E-state index in [1.807, 2.05) is 0 Å². The lowest BCUT2D eigenvalue weighted by Gasteiger charge is -2.38. The van der Waals surface area contributed by atoms with Gasteiger partial charge in [-0.1, -0.05) is 13.8 Å². The first kappa shape index (κ1) is 15.9. The van der Waals surface area contributed by atoms with Gasteiger partial charge in [0.05, 0.1) is 5.75 Å². The average molecular weight is 277 g/mol. The fourth-order valence-corrected chi connectivity index (χ4v) is 3.16. The first-order valence-corrected chi connectivity index (χ1v) is 8.71. The third-order valence-electron chi connectivity index (χ3n) is 3.82. The first-order chi connectivity index (χ1) is 8.52. The van der Waals surface area contributed by atoms with Crippen molar-refractivity contribution in [2.75, 3.05) is 50.8 Å². The number of hydrogen-bond acceptors (Lipinski definition) is 5. The molecule has 1 aliphatic rings. The Hall–Kier alpha value is -0.170. The van der Waals surface area contributed by atoms with E-state index in [2.05, 4.69) is 16.7 Å². The predicted octanol–water partition coefficient (Wildman–Crippen LogP) is -0.224. The van der Waals surface area contributed by atoms with E-state index in [9.17, 15) is 8.42 Å². The van der Waals surface area contributed by atoms with Crippen LogP contribution in [0.3, 0.4) is 0 Å². The maximum absolute atomic E-state index is 11.5. The Morgan fingerprint density at radius 1 is 1.17 bits per heavy atom. The number of nitrogens with two attached hydrogens (primary N) is 1. The molecule has 0 radical (unpaired) electrons. The summed E-state index contributed by atoms with van der Waals surface area (Å²) in [6.07, 6.45) is 1.08. The molecule has 0 aliphatic carbocycles. The number of rotatable bonds is 7. The highest BCUT2D eigenvalue weighted by atomic mass is 32.2. The van der Waals surface area contributed by atoms with Crippen LogP contribution in [0.2, 0.25) is 0 Å². The first-order valence-electron chi connectivity index (χ1n) is 6.89. The van der Waals surface area contributed by atoms with Crippen molar-refractivity contribution in [3.63, 3.8) is 0 Å². The van der Waals surface area contributed by atoms with Crippen molar-refractivity contribution >= 4 is 9.84 Å². The Labute approximate surface area is 111 Å². The van der Waals surface area contributed by atoms with Gasteiger partial charge in [-0.05, 0) is 6.42 Å². The van der Waals surface area contributed by atoms with E-state index >= 15 is 0 Å². The molecular formula is C12H27N3O2S. The zero-order valence-corrected chi connectivity index (χ0v) is 12.5. The van der Waals surface area contributed by atoms with Crippen molar-refractivity contribution in [2.45, 2.75) is 26.3 Å². The number of hydrogen-bond donors (Lipinski definition) is 1. The molecule has 1 saturated heterocycles. The van der Waals surface area contributed by atoms with Gasteiger partial charge in [0, 0.05) is 51.1 Å². The molecule has 0 aromatic carbocycles. The van der Waals surface area contributed by atoms with Gasteiger partial charge in [-0.2, -0.15) is 0 Å². The average Bonchev–Trinajstić information content (AvgIpc) is 2.39. The van der Waals surface area contributed by atoms with Gasteiger partial charge in [-0.15, -0.1) is 0 Å². The highest BCUT2D eigenvalue weighted by Crippen LogP contribution is 2.08. The third kappa shape index (κ3) is 4.84.